The van der Waals surface area contributed by atoms with Crippen molar-refractivity contribution in [2.24, 2.45) is 0 Å². The number of carboxylic acid groups (broad SMARTS) is 1. The minimum absolute atomic E-state index is 0.0951. The molecule has 0 bridgehead atoms. The van der Waals surface area contributed by atoms with Crippen LogP contribution in [0.2, 0.25) is 0 Å². The molecular weight excluding hydrogens is 286 g/mol. The third kappa shape index (κ3) is 3.12. The van der Waals surface area contributed by atoms with Crippen LogP contribution in [0.5, 0.6) is 5.75 Å². The maximum atomic E-state index is 12.6. The number of hydrogen-bond acceptors (Lipinski definition) is 4. The lowest BCUT2D eigenvalue weighted by atomic mass is 10.1. The maximum Gasteiger partial charge on any atom is 0.306 e. The third-order valence-corrected chi connectivity index (χ3v) is 3.73. The predicted octanol–water partition coefficient (Wildman–Crippen LogP) is 1.16. The standard InChI is InChI=1S/C16H17NO5/c18-15(19)8-13-9-17(5-6-21-13)16(20)12-7-11-3-1-2-4-14(11)22-10-12/h1-4,7,13H,5-6,8-10H2,(H,18,19). The van der Waals surface area contributed by atoms with Crippen molar-refractivity contribution >= 4 is 18.0 Å². The number of morpholine rings is 1. The van der Waals surface area contributed by atoms with Gasteiger partial charge in [0.1, 0.15) is 12.4 Å². The highest BCUT2D eigenvalue weighted by atomic mass is 16.5. The first kappa shape index (κ1) is 14.6. The van der Waals surface area contributed by atoms with E-state index >= 15 is 0 Å². The molecule has 1 aromatic carbocycles. The molecule has 116 valence electrons. The van der Waals surface area contributed by atoms with Crippen molar-refractivity contribution in [2.45, 2.75) is 12.5 Å². The number of fused-ring (bicyclic) bond motifs is 1. The summed E-state index contributed by atoms with van der Waals surface area (Å²) < 4.78 is 11.0. The molecule has 0 spiro atoms. The van der Waals surface area contributed by atoms with Gasteiger partial charge in [-0.1, -0.05) is 18.2 Å². The van der Waals surface area contributed by atoms with Crippen molar-refractivity contribution < 1.29 is 24.2 Å². The topological polar surface area (TPSA) is 76.1 Å². The Morgan fingerprint density at radius 2 is 2.14 bits per heavy atom. The Hall–Kier alpha value is -2.34. The average molecular weight is 303 g/mol. The Morgan fingerprint density at radius 1 is 1.32 bits per heavy atom. The van der Waals surface area contributed by atoms with Crippen LogP contribution < -0.4 is 4.74 Å². The maximum absolute atomic E-state index is 12.6. The van der Waals surface area contributed by atoms with Gasteiger partial charge in [0.25, 0.3) is 5.91 Å². The molecule has 1 aromatic rings. The highest BCUT2D eigenvalue weighted by Crippen LogP contribution is 2.26. The molecule has 0 saturated carbocycles. The third-order valence-electron chi connectivity index (χ3n) is 3.73. The zero-order valence-electron chi connectivity index (χ0n) is 12.0. The van der Waals surface area contributed by atoms with Gasteiger partial charge in [0, 0.05) is 18.7 Å². The van der Waals surface area contributed by atoms with E-state index in [0.717, 1.165) is 11.3 Å². The number of hydrogen-bond donors (Lipinski definition) is 1. The first-order chi connectivity index (χ1) is 10.6. The van der Waals surface area contributed by atoms with E-state index in [0.29, 0.717) is 25.3 Å². The summed E-state index contributed by atoms with van der Waals surface area (Å²) >= 11 is 0. The number of para-hydroxylation sites is 1. The summed E-state index contributed by atoms with van der Waals surface area (Å²) in [4.78, 5) is 25.0. The lowest BCUT2D eigenvalue weighted by molar-refractivity contribution is -0.146. The monoisotopic (exact) mass is 303 g/mol. The van der Waals surface area contributed by atoms with Gasteiger partial charge < -0.3 is 19.5 Å². The van der Waals surface area contributed by atoms with Crippen molar-refractivity contribution in [3.05, 3.63) is 35.4 Å². The van der Waals surface area contributed by atoms with E-state index in [1.54, 1.807) is 4.90 Å². The van der Waals surface area contributed by atoms with Gasteiger partial charge in [-0.3, -0.25) is 9.59 Å². The summed E-state index contributed by atoms with van der Waals surface area (Å²) in [6, 6.07) is 7.54. The van der Waals surface area contributed by atoms with Crippen LogP contribution in [-0.4, -0.2) is 54.3 Å². The van der Waals surface area contributed by atoms with Crippen molar-refractivity contribution in [3.8, 4) is 5.75 Å². The number of aliphatic carboxylic acids is 1. The number of amides is 1. The zero-order chi connectivity index (χ0) is 15.5. The largest absolute Gasteiger partial charge is 0.488 e. The number of ether oxygens (including phenoxy) is 2. The highest BCUT2D eigenvalue weighted by molar-refractivity contribution is 5.99. The zero-order valence-corrected chi connectivity index (χ0v) is 12.0. The Morgan fingerprint density at radius 3 is 2.95 bits per heavy atom. The number of rotatable bonds is 3. The average Bonchev–Trinajstić information content (AvgIpc) is 2.53. The fourth-order valence-corrected chi connectivity index (χ4v) is 2.66. The Balaban J connectivity index is 1.71. The molecule has 6 heteroatoms. The molecule has 1 fully saturated rings. The molecule has 2 aliphatic rings. The molecule has 6 nitrogen and oxygen atoms in total. The Kier molecular flexibility index (Phi) is 4.11. The van der Waals surface area contributed by atoms with Crippen LogP contribution >= 0.6 is 0 Å². The van der Waals surface area contributed by atoms with Gasteiger partial charge in [-0.2, -0.15) is 0 Å². The van der Waals surface area contributed by atoms with Crippen LogP contribution in [0, 0.1) is 0 Å². The summed E-state index contributed by atoms with van der Waals surface area (Å²) in [5.41, 5.74) is 1.46. The second-order valence-electron chi connectivity index (χ2n) is 5.34. The lowest BCUT2D eigenvalue weighted by Gasteiger charge is -2.33. The Labute approximate surface area is 127 Å². The highest BCUT2D eigenvalue weighted by Gasteiger charge is 2.28. The molecule has 1 saturated heterocycles. The van der Waals surface area contributed by atoms with Gasteiger partial charge in [-0.15, -0.1) is 0 Å². The van der Waals surface area contributed by atoms with Crippen molar-refractivity contribution in [3.63, 3.8) is 0 Å². The summed E-state index contributed by atoms with van der Waals surface area (Å²) in [5.74, 6) is -0.272. The molecule has 22 heavy (non-hydrogen) atoms. The van der Waals surface area contributed by atoms with E-state index in [-0.39, 0.29) is 18.9 Å². The molecule has 1 N–H and O–H groups in total. The molecule has 0 radical (unpaired) electrons. The summed E-state index contributed by atoms with van der Waals surface area (Å²) in [7, 11) is 0. The number of carboxylic acids is 1. The smallest absolute Gasteiger partial charge is 0.306 e. The molecule has 2 heterocycles. The van der Waals surface area contributed by atoms with Gasteiger partial charge >= 0.3 is 5.97 Å². The minimum atomic E-state index is -0.923. The van der Waals surface area contributed by atoms with E-state index in [4.69, 9.17) is 14.6 Å². The SMILES string of the molecule is O=C(O)CC1CN(C(=O)C2=Cc3ccccc3OC2)CCO1. The number of benzene rings is 1. The van der Waals surface area contributed by atoms with Gasteiger partial charge in [0.05, 0.1) is 24.7 Å². The number of nitrogens with zero attached hydrogens (tertiary/aromatic N) is 1. The van der Waals surface area contributed by atoms with Crippen LogP contribution in [0.3, 0.4) is 0 Å². The Bertz CT molecular complexity index is 625. The van der Waals surface area contributed by atoms with Crippen LogP contribution in [0.25, 0.3) is 6.08 Å². The first-order valence-corrected chi connectivity index (χ1v) is 7.18. The summed E-state index contributed by atoms with van der Waals surface area (Å²) in [6.07, 6.45) is 1.29. The lowest BCUT2D eigenvalue weighted by Crippen LogP contribution is -2.47. The van der Waals surface area contributed by atoms with E-state index in [2.05, 4.69) is 0 Å². The van der Waals surface area contributed by atoms with Crippen LogP contribution in [0.4, 0.5) is 0 Å². The van der Waals surface area contributed by atoms with Gasteiger partial charge in [0.2, 0.25) is 0 Å². The second-order valence-corrected chi connectivity index (χ2v) is 5.34. The quantitative estimate of drug-likeness (QED) is 0.907. The van der Waals surface area contributed by atoms with Crippen molar-refractivity contribution in [1.82, 2.24) is 4.90 Å². The molecule has 1 unspecified atom stereocenters. The van der Waals surface area contributed by atoms with E-state index < -0.39 is 12.1 Å². The molecule has 0 aromatic heterocycles. The van der Waals surface area contributed by atoms with E-state index in [1.165, 1.54) is 0 Å². The number of carbonyl (C=O) groups is 2. The molecule has 3 rings (SSSR count). The predicted molar refractivity (Wildman–Crippen MR) is 78.5 cm³/mol. The summed E-state index contributed by atoms with van der Waals surface area (Å²) in [5, 5.41) is 8.83. The second kappa shape index (κ2) is 6.19. The van der Waals surface area contributed by atoms with Gasteiger partial charge in [-0.05, 0) is 12.1 Å². The minimum Gasteiger partial charge on any atom is -0.488 e. The van der Waals surface area contributed by atoms with E-state index in [9.17, 15) is 9.59 Å². The van der Waals surface area contributed by atoms with Crippen molar-refractivity contribution in [2.75, 3.05) is 26.3 Å². The molecule has 2 aliphatic heterocycles. The fraction of sp³-hybridized carbons (Fsp3) is 0.375. The molecular formula is C16H17NO5. The van der Waals surface area contributed by atoms with Crippen molar-refractivity contribution in [1.29, 1.82) is 0 Å². The molecule has 0 aliphatic carbocycles. The molecule has 1 amide bonds. The number of carbonyl (C=O) groups excluding carboxylic acids is 1. The first-order valence-electron chi connectivity index (χ1n) is 7.18. The van der Waals surface area contributed by atoms with Crippen LogP contribution in [0.15, 0.2) is 29.8 Å². The normalized spacial score (nSPS) is 20.6. The van der Waals surface area contributed by atoms with Crippen LogP contribution in [0.1, 0.15) is 12.0 Å². The fourth-order valence-electron chi connectivity index (χ4n) is 2.66. The van der Waals surface area contributed by atoms with Crippen LogP contribution in [-0.2, 0) is 14.3 Å². The molecule has 1 atom stereocenters. The van der Waals surface area contributed by atoms with Gasteiger partial charge in [-0.25, -0.2) is 0 Å². The summed E-state index contributed by atoms with van der Waals surface area (Å²) in [6.45, 7) is 1.35. The van der Waals surface area contributed by atoms with E-state index in [1.807, 2.05) is 30.3 Å². The van der Waals surface area contributed by atoms with Gasteiger partial charge in [0.15, 0.2) is 0 Å².